The molecule has 0 aromatic rings. The van der Waals surface area contributed by atoms with Crippen LogP contribution in [0.3, 0.4) is 0 Å². The van der Waals surface area contributed by atoms with Gasteiger partial charge in [-0.25, -0.2) is 4.79 Å². The van der Waals surface area contributed by atoms with Crippen LogP contribution in [0.2, 0.25) is 0 Å². The summed E-state index contributed by atoms with van der Waals surface area (Å²) in [6.07, 6.45) is 2.11. The maximum atomic E-state index is 12.2. The third-order valence-corrected chi connectivity index (χ3v) is 3.26. The van der Waals surface area contributed by atoms with Crippen LogP contribution >= 0.6 is 0 Å². The molecule has 1 unspecified atom stereocenters. The summed E-state index contributed by atoms with van der Waals surface area (Å²) in [5, 5.41) is 19.1. The molecule has 0 spiro atoms. The molecule has 23 heavy (non-hydrogen) atoms. The number of ether oxygens (including phenoxy) is 1. The van der Waals surface area contributed by atoms with Crippen molar-refractivity contribution in [2.45, 2.75) is 58.1 Å². The number of rotatable bonds is 7. The van der Waals surface area contributed by atoms with E-state index in [1.807, 2.05) is 0 Å². The van der Waals surface area contributed by atoms with Gasteiger partial charge in [-0.2, -0.15) is 0 Å². The van der Waals surface area contributed by atoms with Crippen LogP contribution in [0.1, 0.15) is 46.5 Å². The summed E-state index contributed by atoms with van der Waals surface area (Å²) in [4.78, 5) is 30.2. The first-order valence-corrected chi connectivity index (χ1v) is 7.79. The van der Waals surface area contributed by atoms with Crippen molar-refractivity contribution in [3.05, 3.63) is 0 Å². The number of unbranched alkanes of at least 4 members (excludes halogenated alkanes) is 1. The number of hydrogen-bond acceptors (Lipinski definition) is 7. The van der Waals surface area contributed by atoms with Gasteiger partial charge in [0.05, 0.1) is 12.0 Å². The van der Waals surface area contributed by atoms with E-state index in [0.717, 1.165) is 6.42 Å². The zero-order valence-electron chi connectivity index (χ0n) is 13.9. The van der Waals surface area contributed by atoms with E-state index < -0.39 is 17.7 Å². The summed E-state index contributed by atoms with van der Waals surface area (Å²) in [7, 11) is 0. The molecule has 1 rings (SSSR count). The minimum absolute atomic E-state index is 0.135. The fourth-order valence-corrected chi connectivity index (χ4v) is 2.28. The molecule has 0 radical (unpaired) electrons. The number of carbonyl (C=O) groups is 2. The van der Waals surface area contributed by atoms with E-state index in [4.69, 9.17) is 15.2 Å². The molecule has 0 aromatic carbocycles. The predicted octanol–water partition coefficient (Wildman–Crippen LogP) is 1.29. The van der Waals surface area contributed by atoms with Gasteiger partial charge in [-0.1, -0.05) is 0 Å². The number of nitrogens with one attached hydrogen (secondary N) is 1. The monoisotopic (exact) mass is 333 g/mol. The van der Waals surface area contributed by atoms with E-state index in [0.29, 0.717) is 32.4 Å². The van der Waals surface area contributed by atoms with Gasteiger partial charge in [0, 0.05) is 13.1 Å². The van der Waals surface area contributed by atoms with E-state index in [9.17, 15) is 9.59 Å². The molecule has 2 amide bonds. The van der Waals surface area contributed by atoms with Crippen LogP contribution in [-0.2, 0) is 14.4 Å². The smallest absolute Gasteiger partial charge is 0.410 e. The van der Waals surface area contributed by atoms with Crippen LogP contribution in [0.15, 0.2) is 0 Å². The lowest BCUT2D eigenvalue weighted by molar-refractivity contribution is -0.492. The van der Waals surface area contributed by atoms with Crippen molar-refractivity contribution in [2.24, 2.45) is 0 Å². The highest BCUT2D eigenvalue weighted by molar-refractivity contribution is 5.86. The first kappa shape index (κ1) is 19.6. The largest absolute Gasteiger partial charge is 0.444 e. The molecule has 1 aliphatic rings. The molecule has 1 heterocycles. The van der Waals surface area contributed by atoms with E-state index in [2.05, 4.69) is 10.2 Å². The normalized spacial score (nSPS) is 18.3. The summed E-state index contributed by atoms with van der Waals surface area (Å²) >= 11 is 0. The number of nitrogens with zero attached hydrogens (tertiary/aromatic N) is 2. The van der Waals surface area contributed by atoms with Crippen LogP contribution in [0.5, 0.6) is 0 Å². The van der Waals surface area contributed by atoms with Crippen molar-refractivity contribution in [3.8, 4) is 0 Å². The molecule has 9 heteroatoms. The molecular weight excluding hydrogens is 306 g/mol. The summed E-state index contributed by atoms with van der Waals surface area (Å²) in [6.45, 7) is 6.45. The lowest BCUT2D eigenvalue weighted by Crippen LogP contribution is -2.47. The Balaban J connectivity index is 2.32. The predicted molar refractivity (Wildman–Crippen MR) is 79.6 cm³/mol. The van der Waals surface area contributed by atoms with Gasteiger partial charge in [0.25, 0.3) is 0 Å². The number of amides is 2. The van der Waals surface area contributed by atoms with E-state index >= 15 is 0 Å². The molecule has 1 saturated heterocycles. The molecular formula is C14H27N3O6. The summed E-state index contributed by atoms with van der Waals surface area (Å²) < 4.78 is 5.32. The van der Waals surface area contributed by atoms with Gasteiger partial charge in [-0.05, 0) is 46.5 Å². The van der Waals surface area contributed by atoms with Crippen molar-refractivity contribution >= 4 is 12.0 Å². The zero-order valence-corrected chi connectivity index (χ0v) is 13.9. The fraction of sp³-hybridized carbons (Fsp3) is 0.857. The molecule has 0 aliphatic carbocycles. The Morgan fingerprint density at radius 3 is 2.61 bits per heavy atom. The van der Waals surface area contributed by atoms with Crippen LogP contribution in [0, 0.1) is 0 Å². The van der Waals surface area contributed by atoms with E-state index in [1.54, 1.807) is 20.8 Å². The third kappa shape index (κ3) is 7.60. The van der Waals surface area contributed by atoms with Gasteiger partial charge >= 0.3 is 6.09 Å². The molecule has 0 bridgehead atoms. The molecule has 3 N–H and O–H groups in total. The first-order chi connectivity index (χ1) is 10.7. The molecule has 0 saturated carbocycles. The minimum Gasteiger partial charge on any atom is -0.444 e. The zero-order chi connectivity index (χ0) is 17.5. The van der Waals surface area contributed by atoms with Crippen molar-refractivity contribution in [3.63, 3.8) is 0 Å². The van der Waals surface area contributed by atoms with Gasteiger partial charge in [-0.3, -0.25) is 24.9 Å². The highest BCUT2D eigenvalue weighted by Crippen LogP contribution is 2.20. The Bertz CT molecular complexity index is 396. The van der Waals surface area contributed by atoms with Crippen molar-refractivity contribution in [1.29, 1.82) is 0 Å². The van der Waals surface area contributed by atoms with E-state index in [1.165, 1.54) is 4.90 Å². The van der Waals surface area contributed by atoms with Crippen LogP contribution in [0.4, 0.5) is 4.79 Å². The Labute approximate surface area is 136 Å². The molecule has 0 aromatic heterocycles. The third-order valence-electron chi connectivity index (χ3n) is 3.26. The number of carbonyl (C=O) groups excluding carboxylic acids is 2. The topological polar surface area (TPSA) is 112 Å². The Kier molecular flexibility index (Phi) is 7.69. The van der Waals surface area contributed by atoms with Gasteiger partial charge in [0.2, 0.25) is 5.91 Å². The van der Waals surface area contributed by atoms with Crippen molar-refractivity contribution in [1.82, 2.24) is 15.6 Å². The van der Waals surface area contributed by atoms with Gasteiger partial charge < -0.3 is 10.1 Å². The average molecular weight is 333 g/mol. The highest BCUT2D eigenvalue weighted by Gasteiger charge is 2.36. The molecule has 1 atom stereocenters. The molecule has 134 valence electrons. The summed E-state index contributed by atoms with van der Waals surface area (Å²) in [5.74, 6) is -0.194. The van der Waals surface area contributed by atoms with E-state index in [-0.39, 0.29) is 17.9 Å². The lowest BCUT2D eigenvalue weighted by Gasteiger charge is -2.28. The van der Waals surface area contributed by atoms with Crippen molar-refractivity contribution < 1.29 is 29.6 Å². The lowest BCUT2D eigenvalue weighted by atomic mass is 10.2. The fourth-order valence-electron chi connectivity index (χ4n) is 2.28. The van der Waals surface area contributed by atoms with Crippen LogP contribution in [0.25, 0.3) is 0 Å². The average Bonchev–Trinajstić information content (AvgIpc) is 2.89. The SMILES string of the molecule is CC(C)(C)OC(=O)N1CCCC1C(=O)NCCCCON(O)O. The first-order valence-electron chi connectivity index (χ1n) is 7.79. The Morgan fingerprint density at radius 1 is 1.30 bits per heavy atom. The summed E-state index contributed by atoms with van der Waals surface area (Å²) in [5.41, 5.74) is -0.589. The number of likely N-dealkylation sites (tertiary alicyclic amines) is 1. The molecule has 9 nitrogen and oxygen atoms in total. The number of hydrogen-bond donors (Lipinski definition) is 3. The summed E-state index contributed by atoms with van der Waals surface area (Å²) in [6, 6.07) is -0.494. The highest BCUT2D eigenvalue weighted by atomic mass is 17.1. The van der Waals surface area contributed by atoms with Gasteiger partial charge in [0.15, 0.2) is 0 Å². The Morgan fingerprint density at radius 2 is 2.00 bits per heavy atom. The van der Waals surface area contributed by atoms with Crippen LogP contribution < -0.4 is 5.32 Å². The van der Waals surface area contributed by atoms with Crippen molar-refractivity contribution in [2.75, 3.05) is 19.7 Å². The Hall–Kier alpha value is -1.42. The second-order valence-corrected chi connectivity index (χ2v) is 6.42. The molecule has 1 fully saturated rings. The second kappa shape index (κ2) is 9.02. The maximum Gasteiger partial charge on any atom is 0.410 e. The second-order valence-electron chi connectivity index (χ2n) is 6.42. The van der Waals surface area contributed by atoms with Crippen LogP contribution in [-0.4, -0.2) is 64.0 Å². The maximum absolute atomic E-state index is 12.2. The standard InChI is InChI=1S/C14H27N3O6/c1-14(2,3)23-13(19)16-9-6-7-11(16)12(18)15-8-4-5-10-22-17(20)21/h11,20-21H,4-10H2,1-3H3,(H,15,18). The van der Waals surface area contributed by atoms with Gasteiger partial charge in [0.1, 0.15) is 11.6 Å². The quantitative estimate of drug-likeness (QED) is 0.475. The molecule has 1 aliphatic heterocycles. The van der Waals surface area contributed by atoms with Gasteiger partial charge in [-0.15, -0.1) is 0 Å². The minimum atomic E-state index is -0.589.